The molecule has 0 radical (unpaired) electrons. The molecule has 1 saturated heterocycles. The highest BCUT2D eigenvalue weighted by atomic mass is 15.1. The van der Waals surface area contributed by atoms with E-state index in [9.17, 15) is 0 Å². The van der Waals surface area contributed by atoms with Crippen molar-refractivity contribution in [3.8, 4) is 0 Å². The van der Waals surface area contributed by atoms with Gasteiger partial charge in [-0.05, 0) is 57.8 Å². The summed E-state index contributed by atoms with van der Waals surface area (Å²) in [6, 6.07) is 5.08. The van der Waals surface area contributed by atoms with Gasteiger partial charge in [-0.15, -0.1) is 0 Å². The zero-order valence-corrected chi connectivity index (χ0v) is 11.8. The highest BCUT2D eigenvalue weighted by molar-refractivity contribution is 5.13. The summed E-state index contributed by atoms with van der Waals surface area (Å²) in [6.45, 7) is 7.01. The van der Waals surface area contributed by atoms with Gasteiger partial charge in [-0.2, -0.15) is 0 Å². The van der Waals surface area contributed by atoms with Gasteiger partial charge in [0.2, 0.25) is 0 Å². The Morgan fingerprint density at radius 2 is 2.28 bits per heavy atom. The lowest BCUT2D eigenvalue weighted by molar-refractivity contribution is 0.174. The fraction of sp³-hybridized carbons (Fsp3) is 0.667. The molecule has 2 unspecified atom stereocenters. The lowest BCUT2D eigenvalue weighted by atomic mass is 9.91. The quantitative estimate of drug-likeness (QED) is 0.886. The lowest BCUT2D eigenvalue weighted by Gasteiger charge is -2.35. The van der Waals surface area contributed by atoms with Crippen molar-refractivity contribution < 1.29 is 0 Å². The van der Waals surface area contributed by atoms with E-state index in [-0.39, 0.29) is 0 Å². The highest BCUT2D eigenvalue weighted by Gasteiger charge is 2.23. The molecule has 2 rings (SSSR count). The first-order valence-corrected chi connectivity index (χ1v) is 7.01. The minimum absolute atomic E-state index is 0.376. The van der Waals surface area contributed by atoms with Crippen molar-refractivity contribution in [1.29, 1.82) is 0 Å². The van der Waals surface area contributed by atoms with Gasteiger partial charge in [0.05, 0.1) is 0 Å². The number of nitrogens with one attached hydrogen (secondary N) is 1. The summed E-state index contributed by atoms with van der Waals surface area (Å²) < 4.78 is 0. The van der Waals surface area contributed by atoms with E-state index in [1.807, 2.05) is 18.5 Å². The standard InChI is InChI=1S/C15H25N3/c1-12(14-6-4-8-16-10-14)17-13(2)15-7-5-9-18(3)11-15/h4,6,8,10,12-13,15,17H,5,7,9,11H2,1-3H3/t12-,13?,15?/m0/s1. The molecule has 0 aromatic carbocycles. The number of nitrogens with zero attached hydrogens (tertiary/aromatic N) is 2. The smallest absolute Gasteiger partial charge is 0.0315 e. The molecule has 3 heteroatoms. The second-order valence-electron chi connectivity index (χ2n) is 5.63. The van der Waals surface area contributed by atoms with Gasteiger partial charge in [-0.25, -0.2) is 0 Å². The monoisotopic (exact) mass is 247 g/mol. The molecule has 1 aromatic rings. The van der Waals surface area contributed by atoms with Crippen LogP contribution in [0.25, 0.3) is 0 Å². The molecule has 1 aliphatic heterocycles. The van der Waals surface area contributed by atoms with Crippen LogP contribution in [0.1, 0.15) is 38.3 Å². The summed E-state index contributed by atoms with van der Waals surface area (Å²) in [5.41, 5.74) is 1.27. The van der Waals surface area contributed by atoms with Crippen LogP contribution in [0.2, 0.25) is 0 Å². The fourth-order valence-corrected chi connectivity index (χ4v) is 2.87. The summed E-state index contributed by atoms with van der Waals surface area (Å²) in [5.74, 6) is 0.767. The van der Waals surface area contributed by atoms with Crippen LogP contribution in [0.4, 0.5) is 0 Å². The van der Waals surface area contributed by atoms with E-state index in [4.69, 9.17) is 0 Å². The first kappa shape index (κ1) is 13.5. The van der Waals surface area contributed by atoms with Gasteiger partial charge in [0.15, 0.2) is 0 Å². The molecular formula is C15H25N3. The zero-order valence-electron chi connectivity index (χ0n) is 11.8. The second kappa shape index (κ2) is 6.30. The summed E-state index contributed by atoms with van der Waals surface area (Å²) in [5, 5.41) is 3.72. The number of rotatable bonds is 4. The Labute approximate surface area is 111 Å². The summed E-state index contributed by atoms with van der Waals surface area (Å²) in [7, 11) is 2.23. The molecule has 18 heavy (non-hydrogen) atoms. The Morgan fingerprint density at radius 3 is 2.94 bits per heavy atom. The summed E-state index contributed by atoms with van der Waals surface area (Å²) >= 11 is 0. The number of piperidine rings is 1. The fourth-order valence-electron chi connectivity index (χ4n) is 2.87. The van der Waals surface area contributed by atoms with E-state index in [1.165, 1.54) is 31.5 Å². The Balaban J connectivity index is 1.88. The predicted molar refractivity (Wildman–Crippen MR) is 75.5 cm³/mol. The molecule has 0 amide bonds. The number of hydrogen-bond acceptors (Lipinski definition) is 3. The third-order valence-electron chi connectivity index (χ3n) is 4.07. The van der Waals surface area contributed by atoms with Crippen LogP contribution in [0.5, 0.6) is 0 Å². The van der Waals surface area contributed by atoms with Gasteiger partial charge in [0.25, 0.3) is 0 Å². The Hall–Kier alpha value is -0.930. The van der Waals surface area contributed by atoms with Gasteiger partial charge in [0, 0.05) is 31.0 Å². The molecular weight excluding hydrogens is 222 g/mol. The van der Waals surface area contributed by atoms with Crippen molar-refractivity contribution in [2.45, 2.75) is 38.8 Å². The maximum absolute atomic E-state index is 4.19. The normalized spacial score (nSPS) is 24.7. The molecule has 3 atom stereocenters. The summed E-state index contributed by atoms with van der Waals surface area (Å²) in [6.07, 6.45) is 6.46. The molecule has 1 N–H and O–H groups in total. The van der Waals surface area contributed by atoms with Crippen LogP contribution in [-0.2, 0) is 0 Å². The largest absolute Gasteiger partial charge is 0.307 e. The molecule has 0 spiro atoms. The van der Waals surface area contributed by atoms with Crippen molar-refractivity contribution >= 4 is 0 Å². The first-order chi connectivity index (χ1) is 8.66. The van der Waals surface area contributed by atoms with Crippen molar-refractivity contribution in [3.63, 3.8) is 0 Å². The zero-order chi connectivity index (χ0) is 13.0. The minimum Gasteiger partial charge on any atom is -0.307 e. The SMILES string of the molecule is CC(N[C@@H](C)c1cccnc1)C1CCCN(C)C1. The third kappa shape index (κ3) is 3.53. The molecule has 1 fully saturated rings. The van der Waals surface area contributed by atoms with Crippen molar-refractivity contribution in [3.05, 3.63) is 30.1 Å². The molecule has 1 aliphatic rings. The van der Waals surface area contributed by atoms with E-state index >= 15 is 0 Å². The molecule has 0 saturated carbocycles. The number of pyridine rings is 1. The maximum Gasteiger partial charge on any atom is 0.0315 e. The van der Waals surface area contributed by atoms with Crippen molar-refractivity contribution in [2.24, 2.45) is 5.92 Å². The van der Waals surface area contributed by atoms with Crippen LogP contribution in [0.15, 0.2) is 24.5 Å². The number of aromatic nitrogens is 1. The molecule has 100 valence electrons. The predicted octanol–water partition coefficient (Wildman–Crippen LogP) is 2.46. The molecule has 1 aromatic heterocycles. The van der Waals surface area contributed by atoms with Gasteiger partial charge in [-0.1, -0.05) is 6.07 Å². The highest BCUT2D eigenvalue weighted by Crippen LogP contribution is 2.21. The van der Waals surface area contributed by atoms with E-state index in [0.29, 0.717) is 12.1 Å². The Morgan fingerprint density at radius 1 is 1.44 bits per heavy atom. The van der Waals surface area contributed by atoms with Gasteiger partial charge >= 0.3 is 0 Å². The average molecular weight is 247 g/mol. The summed E-state index contributed by atoms with van der Waals surface area (Å²) in [4.78, 5) is 6.63. The van der Waals surface area contributed by atoms with Crippen LogP contribution < -0.4 is 5.32 Å². The van der Waals surface area contributed by atoms with E-state index < -0.39 is 0 Å². The van der Waals surface area contributed by atoms with Gasteiger partial charge in [-0.3, -0.25) is 4.98 Å². The lowest BCUT2D eigenvalue weighted by Crippen LogP contribution is -2.43. The average Bonchev–Trinajstić information content (AvgIpc) is 2.39. The maximum atomic E-state index is 4.19. The second-order valence-corrected chi connectivity index (χ2v) is 5.63. The molecule has 0 aliphatic carbocycles. The van der Waals surface area contributed by atoms with Crippen LogP contribution in [0, 0.1) is 5.92 Å². The van der Waals surface area contributed by atoms with Gasteiger partial charge < -0.3 is 10.2 Å². The van der Waals surface area contributed by atoms with Crippen LogP contribution >= 0.6 is 0 Å². The van der Waals surface area contributed by atoms with E-state index in [0.717, 1.165) is 5.92 Å². The van der Waals surface area contributed by atoms with Crippen LogP contribution in [-0.4, -0.2) is 36.1 Å². The van der Waals surface area contributed by atoms with Crippen molar-refractivity contribution in [2.75, 3.05) is 20.1 Å². The van der Waals surface area contributed by atoms with Gasteiger partial charge in [0.1, 0.15) is 0 Å². The van der Waals surface area contributed by atoms with E-state index in [1.54, 1.807) is 0 Å². The molecule has 3 nitrogen and oxygen atoms in total. The number of hydrogen-bond donors (Lipinski definition) is 1. The minimum atomic E-state index is 0.376. The molecule has 0 bridgehead atoms. The topological polar surface area (TPSA) is 28.2 Å². The van der Waals surface area contributed by atoms with E-state index in [2.05, 4.69) is 42.2 Å². The number of likely N-dealkylation sites (tertiary alicyclic amines) is 1. The third-order valence-corrected chi connectivity index (χ3v) is 4.07. The van der Waals surface area contributed by atoms with Crippen molar-refractivity contribution in [1.82, 2.24) is 15.2 Å². The van der Waals surface area contributed by atoms with Crippen LogP contribution in [0.3, 0.4) is 0 Å². The Bertz CT molecular complexity index is 352. The molecule has 2 heterocycles. The first-order valence-electron chi connectivity index (χ1n) is 7.01. The Kier molecular flexibility index (Phi) is 4.72.